The lowest BCUT2D eigenvalue weighted by Gasteiger charge is -2.08. The van der Waals surface area contributed by atoms with E-state index in [-0.39, 0.29) is 11.4 Å². The average molecular weight is 315 g/mol. The van der Waals surface area contributed by atoms with Crippen LogP contribution in [-0.4, -0.2) is 15.0 Å². The molecule has 0 amide bonds. The number of halogens is 1. The first-order valence-corrected chi connectivity index (χ1v) is 6.98. The van der Waals surface area contributed by atoms with Gasteiger partial charge in [0.15, 0.2) is 0 Å². The Morgan fingerprint density at radius 1 is 1.59 bits per heavy atom. The molecule has 0 heterocycles. The highest BCUT2D eigenvalue weighted by Crippen LogP contribution is 2.16. The van der Waals surface area contributed by atoms with E-state index >= 15 is 0 Å². The molecule has 1 aromatic carbocycles. The van der Waals surface area contributed by atoms with Crippen molar-refractivity contribution in [3.63, 3.8) is 0 Å². The van der Waals surface area contributed by atoms with Crippen LogP contribution >= 0.6 is 15.9 Å². The molecule has 0 saturated carbocycles. The summed E-state index contributed by atoms with van der Waals surface area (Å²) in [5.41, 5.74) is 0.975. The molecule has 1 aromatic rings. The highest BCUT2D eigenvalue weighted by Gasteiger charge is 2.16. The summed E-state index contributed by atoms with van der Waals surface area (Å²) in [6.45, 7) is 5.33. The number of sulfonamides is 1. The molecule has 0 aliphatic heterocycles. The van der Waals surface area contributed by atoms with Crippen LogP contribution in [0.1, 0.15) is 11.1 Å². The summed E-state index contributed by atoms with van der Waals surface area (Å²) in [4.78, 5) is 0.172. The molecule has 0 spiro atoms. The molecule has 17 heavy (non-hydrogen) atoms. The SMILES string of the molecule is C=C(Br)CNS(=O)(=O)c1ccc(C#N)cc1C. The van der Waals surface area contributed by atoms with Gasteiger partial charge in [0.2, 0.25) is 10.0 Å². The Kier molecular flexibility index (Phi) is 4.46. The number of hydrogen-bond donors (Lipinski definition) is 1. The molecule has 0 aliphatic carbocycles. The number of nitrogens with zero attached hydrogens (tertiary/aromatic N) is 1. The van der Waals surface area contributed by atoms with Gasteiger partial charge in [-0.15, -0.1) is 0 Å². The second kappa shape index (κ2) is 5.45. The van der Waals surface area contributed by atoms with Crippen LogP contribution in [-0.2, 0) is 10.0 Å². The van der Waals surface area contributed by atoms with Crippen LogP contribution in [0.2, 0.25) is 0 Å². The van der Waals surface area contributed by atoms with Crippen LogP contribution in [0.3, 0.4) is 0 Å². The Bertz CT molecular complexity index is 588. The van der Waals surface area contributed by atoms with E-state index in [1.54, 1.807) is 6.92 Å². The average Bonchev–Trinajstić information content (AvgIpc) is 2.26. The monoisotopic (exact) mass is 314 g/mol. The van der Waals surface area contributed by atoms with E-state index in [2.05, 4.69) is 27.2 Å². The minimum atomic E-state index is -3.56. The lowest BCUT2D eigenvalue weighted by Crippen LogP contribution is -2.25. The van der Waals surface area contributed by atoms with Crippen molar-refractivity contribution in [3.8, 4) is 6.07 Å². The van der Waals surface area contributed by atoms with Gasteiger partial charge >= 0.3 is 0 Å². The molecule has 0 unspecified atom stereocenters. The fourth-order valence-corrected chi connectivity index (χ4v) is 2.85. The van der Waals surface area contributed by atoms with E-state index in [1.807, 2.05) is 6.07 Å². The maximum Gasteiger partial charge on any atom is 0.241 e. The van der Waals surface area contributed by atoms with Crippen LogP contribution < -0.4 is 4.72 Å². The molecular formula is C11H11BrN2O2S. The number of nitrogens with one attached hydrogen (secondary N) is 1. The fraction of sp³-hybridized carbons (Fsp3) is 0.182. The molecule has 0 aliphatic rings. The topological polar surface area (TPSA) is 70.0 Å². The van der Waals surface area contributed by atoms with Crippen molar-refractivity contribution in [2.24, 2.45) is 0 Å². The molecule has 4 nitrogen and oxygen atoms in total. The summed E-state index contributed by atoms with van der Waals surface area (Å²) in [6.07, 6.45) is 0. The first kappa shape index (κ1) is 13.9. The Morgan fingerprint density at radius 2 is 2.24 bits per heavy atom. The minimum Gasteiger partial charge on any atom is -0.207 e. The summed E-state index contributed by atoms with van der Waals surface area (Å²) in [6, 6.07) is 6.40. The Morgan fingerprint density at radius 3 is 2.71 bits per heavy atom. The normalized spacial score (nSPS) is 10.9. The molecule has 0 aromatic heterocycles. The van der Waals surface area contributed by atoms with Crippen molar-refractivity contribution in [2.75, 3.05) is 6.54 Å². The van der Waals surface area contributed by atoms with E-state index in [0.29, 0.717) is 15.6 Å². The van der Waals surface area contributed by atoms with Gasteiger partial charge < -0.3 is 0 Å². The first-order chi connectivity index (χ1) is 7.86. The van der Waals surface area contributed by atoms with Gasteiger partial charge in [-0.3, -0.25) is 0 Å². The molecule has 1 rings (SSSR count). The van der Waals surface area contributed by atoms with Crippen molar-refractivity contribution in [1.29, 1.82) is 5.26 Å². The summed E-state index contributed by atoms with van der Waals surface area (Å²) >= 11 is 3.08. The number of rotatable bonds is 4. The van der Waals surface area contributed by atoms with Crippen LogP contribution in [0.4, 0.5) is 0 Å². The van der Waals surface area contributed by atoms with Gasteiger partial charge in [0.05, 0.1) is 16.5 Å². The molecular weight excluding hydrogens is 304 g/mol. The van der Waals surface area contributed by atoms with E-state index in [0.717, 1.165) is 0 Å². The smallest absolute Gasteiger partial charge is 0.207 e. The van der Waals surface area contributed by atoms with Gasteiger partial charge in [0.25, 0.3) is 0 Å². The largest absolute Gasteiger partial charge is 0.241 e. The Balaban J connectivity index is 3.08. The van der Waals surface area contributed by atoms with Gasteiger partial charge in [-0.2, -0.15) is 5.26 Å². The number of aryl methyl sites for hydroxylation is 1. The molecule has 0 fully saturated rings. The third kappa shape index (κ3) is 3.66. The van der Waals surface area contributed by atoms with Gasteiger partial charge in [-0.1, -0.05) is 22.5 Å². The van der Waals surface area contributed by atoms with Gasteiger partial charge in [-0.25, -0.2) is 13.1 Å². The molecule has 90 valence electrons. The molecule has 0 atom stereocenters. The number of hydrogen-bond acceptors (Lipinski definition) is 3. The molecule has 0 bridgehead atoms. The predicted octanol–water partition coefficient (Wildman–Crippen LogP) is 2.05. The number of benzene rings is 1. The zero-order valence-corrected chi connectivity index (χ0v) is 11.6. The van der Waals surface area contributed by atoms with Gasteiger partial charge in [0, 0.05) is 11.0 Å². The minimum absolute atomic E-state index is 0.127. The quantitative estimate of drug-likeness (QED) is 0.924. The zero-order valence-electron chi connectivity index (χ0n) is 9.20. The van der Waals surface area contributed by atoms with Crippen molar-refractivity contribution in [3.05, 3.63) is 40.4 Å². The van der Waals surface area contributed by atoms with Crippen molar-refractivity contribution >= 4 is 26.0 Å². The maximum atomic E-state index is 11.9. The van der Waals surface area contributed by atoms with Crippen LogP contribution in [0.25, 0.3) is 0 Å². The third-order valence-electron chi connectivity index (χ3n) is 2.05. The first-order valence-electron chi connectivity index (χ1n) is 4.70. The summed E-state index contributed by atoms with van der Waals surface area (Å²) in [7, 11) is -3.56. The second-order valence-corrected chi connectivity index (χ2v) is 6.29. The summed E-state index contributed by atoms with van der Waals surface area (Å²) in [5, 5.41) is 8.70. The van der Waals surface area contributed by atoms with Gasteiger partial charge in [-0.05, 0) is 30.7 Å². The highest BCUT2D eigenvalue weighted by molar-refractivity contribution is 9.11. The van der Waals surface area contributed by atoms with Crippen LogP contribution in [0, 0.1) is 18.3 Å². The number of nitriles is 1. The summed E-state index contributed by atoms with van der Waals surface area (Å²) in [5.74, 6) is 0. The summed E-state index contributed by atoms with van der Waals surface area (Å²) < 4.78 is 26.7. The lowest BCUT2D eigenvalue weighted by atomic mass is 10.2. The van der Waals surface area contributed by atoms with Crippen LogP contribution in [0.15, 0.2) is 34.2 Å². The van der Waals surface area contributed by atoms with Crippen molar-refractivity contribution in [2.45, 2.75) is 11.8 Å². The molecule has 6 heteroatoms. The fourth-order valence-electron chi connectivity index (χ4n) is 1.27. The van der Waals surface area contributed by atoms with Crippen molar-refractivity contribution in [1.82, 2.24) is 4.72 Å². The Labute approximate surface area is 109 Å². The Hall–Kier alpha value is -1.16. The zero-order chi connectivity index (χ0) is 13.1. The van der Waals surface area contributed by atoms with E-state index in [9.17, 15) is 8.42 Å². The standard InChI is InChI=1S/C11H11BrN2O2S/c1-8-5-10(6-13)3-4-11(8)17(15,16)14-7-9(2)12/h3-5,14H,2,7H2,1H3. The highest BCUT2D eigenvalue weighted by atomic mass is 79.9. The molecule has 0 saturated heterocycles. The van der Waals surface area contributed by atoms with E-state index < -0.39 is 10.0 Å². The van der Waals surface area contributed by atoms with Crippen LogP contribution in [0.5, 0.6) is 0 Å². The maximum absolute atomic E-state index is 11.9. The molecule has 0 radical (unpaired) electrons. The predicted molar refractivity (Wildman–Crippen MR) is 69.1 cm³/mol. The third-order valence-corrected chi connectivity index (χ3v) is 3.89. The van der Waals surface area contributed by atoms with Crippen molar-refractivity contribution < 1.29 is 8.42 Å². The van der Waals surface area contributed by atoms with E-state index in [4.69, 9.17) is 5.26 Å². The second-order valence-electron chi connectivity index (χ2n) is 3.43. The molecule has 1 N–H and O–H groups in total. The van der Waals surface area contributed by atoms with E-state index in [1.165, 1.54) is 18.2 Å². The van der Waals surface area contributed by atoms with Gasteiger partial charge in [0.1, 0.15) is 0 Å². The lowest BCUT2D eigenvalue weighted by molar-refractivity contribution is 0.585.